The standard InChI is InChI=1S/C28H23ClF2N6O5/c1-13-34-24(37-42-13)23-18(9-16(29)10-20(23)31)15-7-14-3-4-21(22(14)19(30)8-15)35-25(38)28(5-6-28)36-27(39)41-17-11-32-26(40-2)33-12-17/h7-12,21H,3-6H2,1-2H3,(H,35,38)(H,36,39). The third-order valence-electron chi connectivity index (χ3n) is 7.21. The van der Waals surface area contributed by atoms with Crippen molar-refractivity contribution < 1.29 is 32.4 Å². The maximum Gasteiger partial charge on any atom is 0.413 e. The largest absolute Gasteiger partial charge is 0.467 e. The summed E-state index contributed by atoms with van der Waals surface area (Å²) in [7, 11) is 1.40. The van der Waals surface area contributed by atoms with Crippen LogP contribution < -0.4 is 20.1 Å². The number of aromatic nitrogens is 4. The van der Waals surface area contributed by atoms with Gasteiger partial charge in [0.1, 0.15) is 17.2 Å². The number of fused-ring (bicyclic) bond motifs is 1. The van der Waals surface area contributed by atoms with Crippen molar-refractivity contribution in [3.05, 3.63) is 70.3 Å². The molecule has 216 valence electrons. The maximum atomic E-state index is 15.7. The predicted octanol–water partition coefficient (Wildman–Crippen LogP) is 4.87. The molecule has 0 saturated heterocycles. The molecule has 1 unspecified atom stereocenters. The first kappa shape index (κ1) is 27.5. The third-order valence-corrected chi connectivity index (χ3v) is 7.43. The van der Waals surface area contributed by atoms with E-state index < -0.39 is 35.2 Å². The van der Waals surface area contributed by atoms with Crippen LogP contribution in [0.4, 0.5) is 13.6 Å². The number of rotatable bonds is 7. The number of nitrogens with zero attached hydrogens (tertiary/aromatic N) is 4. The van der Waals surface area contributed by atoms with E-state index in [1.54, 1.807) is 13.0 Å². The van der Waals surface area contributed by atoms with Crippen molar-refractivity contribution >= 4 is 23.6 Å². The summed E-state index contributed by atoms with van der Waals surface area (Å²) in [6, 6.07) is 5.14. The lowest BCUT2D eigenvalue weighted by molar-refractivity contribution is -0.124. The highest BCUT2D eigenvalue weighted by atomic mass is 35.5. The van der Waals surface area contributed by atoms with Gasteiger partial charge in [-0.05, 0) is 60.6 Å². The Labute approximate surface area is 242 Å². The molecule has 2 aliphatic carbocycles. The fourth-order valence-electron chi connectivity index (χ4n) is 5.07. The normalized spacial score (nSPS) is 16.5. The minimum absolute atomic E-state index is 0.0167. The van der Waals surface area contributed by atoms with Crippen molar-refractivity contribution in [2.24, 2.45) is 0 Å². The van der Waals surface area contributed by atoms with E-state index in [-0.39, 0.29) is 34.1 Å². The minimum atomic E-state index is -1.17. The summed E-state index contributed by atoms with van der Waals surface area (Å²) in [5.74, 6) is -1.36. The number of halogens is 3. The molecule has 11 nitrogen and oxygen atoms in total. The quantitative estimate of drug-likeness (QED) is 0.306. The van der Waals surface area contributed by atoms with E-state index in [4.69, 9.17) is 25.6 Å². The molecule has 4 aromatic rings. The molecule has 1 saturated carbocycles. The Morgan fingerprint density at radius 1 is 1.12 bits per heavy atom. The number of hydrogen-bond acceptors (Lipinski definition) is 9. The molecule has 0 radical (unpaired) electrons. The van der Waals surface area contributed by atoms with Crippen LogP contribution in [0.2, 0.25) is 5.02 Å². The molecule has 2 amide bonds. The summed E-state index contributed by atoms with van der Waals surface area (Å²) in [6.45, 7) is 1.58. The van der Waals surface area contributed by atoms with Crippen molar-refractivity contribution in [1.82, 2.24) is 30.7 Å². The molecule has 1 atom stereocenters. The maximum absolute atomic E-state index is 15.7. The Hall–Kier alpha value is -4.65. The lowest BCUT2D eigenvalue weighted by atomic mass is 9.95. The summed E-state index contributed by atoms with van der Waals surface area (Å²) >= 11 is 6.15. The van der Waals surface area contributed by atoms with Crippen LogP contribution in [0.5, 0.6) is 11.8 Å². The molecule has 6 rings (SSSR count). The molecule has 42 heavy (non-hydrogen) atoms. The Balaban J connectivity index is 1.20. The van der Waals surface area contributed by atoms with Crippen molar-refractivity contribution in [3.63, 3.8) is 0 Å². The lowest BCUT2D eigenvalue weighted by Crippen LogP contribution is -2.50. The Morgan fingerprint density at radius 2 is 1.88 bits per heavy atom. The number of aryl methyl sites for hydroxylation is 2. The van der Waals surface area contributed by atoms with Gasteiger partial charge in [-0.3, -0.25) is 4.79 Å². The van der Waals surface area contributed by atoms with Crippen LogP contribution in [0, 0.1) is 18.6 Å². The van der Waals surface area contributed by atoms with Crippen molar-refractivity contribution in [3.8, 4) is 34.3 Å². The molecule has 2 aliphatic rings. The third kappa shape index (κ3) is 5.22. The zero-order valence-corrected chi connectivity index (χ0v) is 23.1. The first-order valence-electron chi connectivity index (χ1n) is 12.9. The van der Waals surface area contributed by atoms with E-state index in [0.29, 0.717) is 47.9 Å². The number of methoxy groups -OCH3 is 1. The second kappa shape index (κ2) is 10.6. The van der Waals surface area contributed by atoms with Gasteiger partial charge in [0, 0.05) is 17.5 Å². The summed E-state index contributed by atoms with van der Waals surface area (Å²) in [5.41, 5.74) is 0.537. The molecule has 14 heteroatoms. The van der Waals surface area contributed by atoms with Gasteiger partial charge in [-0.15, -0.1) is 0 Å². The molecule has 2 aromatic heterocycles. The first-order chi connectivity index (χ1) is 20.2. The molecule has 1 fully saturated rings. The lowest BCUT2D eigenvalue weighted by Gasteiger charge is -2.21. The predicted molar refractivity (Wildman–Crippen MR) is 144 cm³/mol. The van der Waals surface area contributed by atoms with Crippen molar-refractivity contribution in [1.29, 1.82) is 0 Å². The molecule has 0 bridgehead atoms. The highest BCUT2D eigenvalue weighted by Gasteiger charge is 2.52. The monoisotopic (exact) mass is 596 g/mol. The zero-order chi connectivity index (χ0) is 29.6. The van der Waals surface area contributed by atoms with Gasteiger partial charge in [0.15, 0.2) is 5.75 Å². The van der Waals surface area contributed by atoms with Gasteiger partial charge < -0.3 is 24.6 Å². The Kier molecular flexibility index (Phi) is 6.97. The first-order valence-corrected chi connectivity index (χ1v) is 13.3. The summed E-state index contributed by atoms with van der Waals surface area (Å²) in [5, 5.41) is 9.42. The highest BCUT2D eigenvalue weighted by molar-refractivity contribution is 6.31. The van der Waals surface area contributed by atoms with Crippen molar-refractivity contribution in [2.45, 2.75) is 44.2 Å². The Bertz CT molecular complexity index is 1710. The van der Waals surface area contributed by atoms with Crippen LogP contribution in [-0.4, -0.2) is 44.8 Å². The van der Waals surface area contributed by atoms with E-state index in [9.17, 15) is 9.59 Å². The van der Waals surface area contributed by atoms with Gasteiger partial charge in [0.25, 0.3) is 0 Å². The van der Waals surface area contributed by atoms with E-state index in [0.717, 1.165) is 6.07 Å². The average molecular weight is 597 g/mol. The van der Waals surface area contributed by atoms with E-state index >= 15 is 8.78 Å². The second-order valence-electron chi connectivity index (χ2n) is 10.0. The van der Waals surface area contributed by atoms with Gasteiger partial charge in [0.05, 0.1) is 31.1 Å². The molecular formula is C28H23ClF2N6O5. The summed E-state index contributed by atoms with van der Waals surface area (Å²) in [4.78, 5) is 37.5. The second-order valence-corrected chi connectivity index (χ2v) is 10.5. The molecular weight excluding hydrogens is 574 g/mol. The van der Waals surface area contributed by atoms with E-state index in [1.807, 2.05) is 0 Å². The van der Waals surface area contributed by atoms with Gasteiger partial charge in [-0.2, -0.15) is 15.0 Å². The Morgan fingerprint density at radius 3 is 2.55 bits per heavy atom. The van der Waals surface area contributed by atoms with E-state index in [2.05, 4.69) is 30.7 Å². The molecule has 0 aliphatic heterocycles. The van der Waals surface area contributed by atoms with Gasteiger partial charge in [-0.1, -0.05) is 22.8 Å². The van der Waals surface area contributed by atoms with Crippen LogP contribution >= 0.6 is 11.6 Å². The minimum Gasteiger partial charge on any atom is -0.467 e. The highest BCUT2D eigenvalue weighted by Crippen LogP contribution is 2.42. The SMILES string of the molecule is COc1ncc(OC(=O)NC2(C(=O)NC3CCc4cc(-c5cc(Cl)cc(F)c5-c5noc(C)n5)cc(F)c43)CC2)cn1. The van der Waals surface area contributed by atoms with Crippen LogP contribution in [0.25, 0.3) is 22.5 Å². The molecule has 2 N–H and O–H groups in total. The fraction of sp³-hybridized carbons (Fsp3) is 0.286. The van der Waals surface area contributed by atoms with Crippen LogP contribution in [-0.2, 0) is 11.2 Å². The number of benzene rings is 2. The topological polar surface area (TPSA) is 141 Å². The fourth-order valence-corrected chi connectivity index (χ4v) is 5.27. The zero-order valence-electron chi connectivity index (χ0n) is 22.3. The molecule has 2 heterocycles. The number of carbonyl (C=O) groups is 2. The van der Waals surface area contributed by atoms with E-state index in [1.165, 1.54) is 31.6 Å². The number of carbonyl (C=O) groups excluding carboxylic acids is 2. The molecule has 0 spiro atoms. The number of nitrogens with one attached hydrogen (secondary N) is 2. The van der Waals surface area contributed by atoms with Crippen molar-refractivity contribution in [2.75, 3.05) is 7.11 Å². The van der Waals surface area contributed by atoms with Gasteiger partial charge in [0.2, 0.25) is 17.6 Å². The van der Waals surface area contributed by atoms with Crippen LogP contribution in [0.3, 0.4) is 0 Å². The molecule has 2 aromatic carbocycles. The number of hydrogen-bond donors (Lipinski definition) is 2. The van der Waals surface area contributed by atoms with Gasteiger partial charge in [-0.25, -0.2) is 13.6 Å². The smallest absolute Gasteiger partial charge is 0.413 e. The van der Waals surface area contributed by atoms with Gasteiger partial charge >= 0.3 is 12.1 Å². The van der Waals surface area contributed by atoms with Crippen LogP contribution in [0.15, 0.2) is 41.2 Å². The van der Waals surface area contributed by atoms with Crippen LogP contribution in [0.1, 0.15) is 42.3 Å². The average Bonchev–Trinajstić information content (AvgIpc) is 3.42. The number of amides is 2. The summed E-state index contributed by atoms with van der Waals surface area (Å²) in [6.07, 6.45) is 3.37. The number of ether oxygens (including phenoxy) is 2. The summed E-state index contributed by atoms with van der Waals surface area (Å²) < 4.78 is 45.8.